The van der Waals surface area contributed by atoms with Gasteiger partial charge in [-0.05, 0) is 65.9 Å². The summed E-state index contributed by atoms with van der Waals surface area (Å²) in [5.41, 5.74) is -0.119. The molecule has 7 heteroatoms. The van der Waals surface area contributed by atoms with Gasteiger partial charge in [-0.1, -0.05) is 50.1 Å². The molecule has 32 heavy (non-hydrogen) atoms. The smallest absolute Gasteiger partial charge is 0.426 e. The summed E-state index contributed by atoms with van der Waals surface area (Å²) in [6.45, 7) is 2.09. The second kappa shape index (κ2) is 9.67. The average Bonchev–Trinajstić information content (AvgIpc) is 2.73. The van der Waals surface area contributed by atoms with Gasteiger partial charge < -0.3 is 4.74 Å². The van der Waals surface area contributed by atoms with Crippen LogP contribution in [-0.4, -0.2) is 0 Å². The van der Waals surface area contributed by atoms with Gasteiger partial charge in [0.05, 0.1) is 11.1 Å². The zero-order valence-corrected chi connectivity index (χ0v) is 17.4. The lowest BCUT2D eigenvalue weighted by atomic mass is 10.0. The summed E-state index contributed by atoms with van der Waals surface area (Å²) in [5.74, 6) is -1.53. The minimum atomic E-state index is -4.79. The molecule has 3 rings (SSSR count). The molecule has 0 amide bonds. The predicted molar refractivity (Wildman–Crippen MR) is 111 cm³/mol. The highest BCUT2D eigenvalue weighted by atomic mass is 19.4. The van der Waals surface area contributed by atoms with Crippen molar-refractivity contribution in [2.45, 2.75) is 44.9 Å². The van der Waals surface area contributed by atoms with E-state index >= 15 is 0 Å². The van der Waals surface area contributed by atoms with E-state index in [1.165, 1.54) is 36.4 Å². The van der Waals surface area contributed by atoms with Gasteiger partial charge >= 0.3 is 12.3 Å². The molecule has 0 saturated carbocycles. The zero-order chi connectivity index (χ0) is 23.4. The lowest BCUT2D eigenvalue weighted by Crippen LogP contribution is -2.21. The van der Waals surface area contributed by atoms with Crippen LogP contribution < -0.4 is 4.74 Å². The minimum absolute atomic E-state index is 0.127. The second-order valence-corrected chi connectivity index (χ2v) is 7.49. The summed E-state index contributed by atoms with van der Waals surface area (Å²) < 4.78 is 85.8. The van der Waals surface area contributed by atoms with Gasteiger partial charge in [0, 0.05) is 0 Å². The van der Waals surface area contributed by atoms with Crippen molar-refractivity contribution < 1.29 is 31.1 Å². The summed E-state index contributed by atoms with van der Waals surface area (Å²) in [6.07, 6.45) is -4.37. The van der Waals surface area contributed by atoms with E-state index in [1.807, 2.05) is 0 Å². The lowest BCUT2D eigenvalue weighted by Gasteiger charge is -2.19. The highest BCUT2D eigenvalue weighted by molar-refractivity contribution is 5.64. The maximum atomic E-state index is 14.5. The Labute approximate surface area is 182 Å². The van der Waals surface area contributed by atoms with E-state index in [0.717, 1.165) is 43.4 Å². The zero-order valence-electron chi connectivity index (χ0n) is 17.4. The standard InChI is InChI=1S/C25H22F6O/c1-2-3-4-5-17-6-11-20(12-7-17)25(30,31)32-21-13-8-18(9-14-21)19-10-15-22(23(26)16-19)24(27,28)29/h6-16H,2-5H2,1H3. The Kier molecular flexibility index (Phi) is 7.16. The normalized spacial score (nSPS) is 12.1. The van der Waals surface area contributed by atoms with E-state index in [-0.39, 0.29) is 16.9 Å². The molecule has 0 unspecified atom stereocenters. The van der Waals surface area contributed by atoms with Crippen LogP contribution in [0.5, 0.6) is 5.75 Å². The third-order valence-corrected chi connectivity index (χ3v) is 5.07. The molecule has 1 nitrogen and oxygen atoms in total. The Morgan fingerprint density at radius 3 is 1.94 bits per heavy atom. The van der Waals surface area contributed by atoms with Crippen LogP contribution in [0.3, 0.4) is 0 Å². The summed E-state index contributed by atoms with van der Waals surface area (Å²) in [7, 11) is 0. The van der Waals surface area contributed by atoms with Crippen molar-refractivity contribution in [3.63, 3.8) is 0 Å². The summed E-state index contributed by atoms with van der Waals surface area (Å²) in [6, 6.07) is 13.8. The van der Waals surface area contributed by atoms with E-state index in [2.05, 4.69) is 6.92 Å². The molecule has 170 valence electrons. The molecular weight excluding hydrogens is 430 g/mol. The first-order valence-electron chi connectivity index (χ1n) is 10.2. The number of hydrogen-bond donors (Lipinski definition) is 0. The Bertz CT molecular complexity index is 1020. The molecule has 0 bridgehead atoms. The van der Waals surface area contributed by atoms with Crippen LogP contribution in [-0.2, 0) is 18.7 Å². The molecule has 0 saturated heterocycles. The molecule has 0 aromatic heterocycles. The monoisotopic (exact) mass is 452 g/mol. The highest BCUT2D eigenvalue weighted by Crippen LogP contribution is 2.35. The largest absolute Gasteiger partial charge is 0.429 e. The molecule has 0 atom stereocenters. The van der Waals surface area contributed by atoms with Crippen molar-refractivity contribution in [1.29, 1.82) is 0 Å². The van der Waals surface area contributed by atoms with E-state index in [0.29, 0.717) is 11.6 Å². The van der Waals surface area contributed by atoms with Crippen LogP contribution in [0.4, 0.5) is 26.3 Å². The topological polar surface area (TPSA) is 9.23 Å². The maximum absolute atomic E-state index is 14.5. The average molecular weight is 452 g/mol. The van der Waals surface area contributed by atoms with Crippen LogP contribution in [0.25, 0.3) is 11.1 Å². The van der Waals surface area contributed by atoms with Crippen molar-refractivity contribution in [2.24, 2.45) is 0 Å². The van der Waals surface area contributed by atoms with Gasteiger partial charge in [-0.15, -0.1) is 0 Å². The van der Waals surface area contributed by atoms with Crippen LogP contribution in [0.1, 0.15) is 42.9 Å². The molecular formula is C25H22F6O. The molecule has 3 aromatic carbocycles. The fourth-order valence-electron chi connectivity index (χ4n) is 3.29. The first kappa shape index (κ1) is 23.7. The number of hydrogen-bond acceptors (Lipinski definition) is 1. The van der Waals surface area contributed by atoms with Crippen molar-refractivity contribution in [3.05, 3.63) is 89.2 Å². The van der Waals surface area contributed by atoms with Crippen LogP contribution in [0, 0.1) is 5.82 Å². The SMILES string of the molecule is CCCCCc1ccc(C(F)(F)Oc2ccc(-c3ccc(C(F)(F)F)c(F)c3)cc2)cc1. The van der Waals surface area contributed by atoms with Crippen molar-refractivity contribution in [1.82, 2.24) is 0 Å². The number of halogens is 6. The summed E-state index contributed by atoms with van der Waals surface area (Å²) >= 11 is 0. The predicted octanol–water partition coefficient (Wildman–Crippen LogP) is 8.37. The van der Waals surface area contributed by atoms with E-state index < -0.39 is 23.7 Å². The van der Waals surface area contributed by atoms with Gasteiger partial charge in [0.2, 0.25) is 0 Å². The van der Waals surface area contributed by atoms with Crippen molar-refractivity contribution in [3.8, 4) is 16.9 Å². The molecule has 0 N–H and O–H groups in total. The molecule has 0 aliphatic heterocycles. The van der Waals surface area contributed by atoms with E-state index in [1.54, 1.807) is 12.1 Å². The van der Waals surface area contributed by atoms with Crippen LogP contribution in [0.15, 0.2) is 66.7 Å². The molecule has 0 aliphatic carbocycles. The van der Waals surface area contributed by atoms with Gasteiger partial charge in [-0.25, -0.2) is 4.39 Å². The third kappa shape index (κ3) is 5.84. The molecule has 0 fully saturated rings. The van der Waals surface area contributed by atoms with Gasteiger partial charge in [0.25, 0.3) is 0 Å². The molecule has 0 spiro atoms. The molecule has 3 aromatic rings. The minimum Gasteiger partial charge on any atom is -0.429 e. The van der Waals surface area contributed by atoms with Gasteiger partial charge in [0.15, 0.2) is 0 Å². The van der Waals surface area contributed by atoms with Crippen LogP contribution in [0.2, 0.25) is 0 Å². The Balaban J connectivity index is 1.70. The fraction of sp³-hybridized carbons (Fsp3) is 0.280. The fourth-order valence-corrected chi connectivity index (χ4v) is 3.29. The summed E-state index contributed by atoms with van der Waals surface area (Å²) in [5, 5.41) is 0. The summed E-state index contributed by atoms with van der Waals surface area (Å²) in [4.78, 5) is 0. The highest BCUT2D eigenvalue weighted by Gasteiger charge is 2.35. The first-order valence-corrected chi connectivity index (χ1v) is 10.2. The number of unbranched alkanes of at least 4 members (excludes halogenated alkanes) is 2. The number of benzene rings is 3. The number of ether oxygens (including phenoxy) is 1. The second-order valence-electron chi connectivity index (χ2n) is 7.49. The number of aryl methyl sites for hydroxylation is 1. The van der Waals surface area contributed by atoms with Gasteiger partial charge in [-0.2, -0.15) is 22.0 Å². The Morgan fingerprint density at radius 1 is 0.750 bits per heavy atom. The third-order valence-electron chi connectivity index (χ3n) is 5.07. The maximum Gasteiger partial charge on any atom is 0.426 e. The molecule has 0 aliphatic rings. The van der Waals surface area contributed by atoms with Crippen molar-refractivity contribution >= 4 is 0 Å². The van der Waals surface area contributed by atoms with Crippen LogP contribution >= 0.6 is 0 Å². The lowest BCUT2D eigenvalue weighted by molar-refractivity contribution is -0.185. The Morgan fingerprint density at radius 2 is 1.38 bits per heavy atom. The first-order chi connectivity index (χ1) is 15.1. The number of rotatable bonds is 8. The Hall–Kier alpha value is -2.96. The van der Waals surface area contributed by atoms with Gasteiger partial charge in [-0.3, -0.25) is 0 Å². The number of alkyl halides is 5. The quantitative estimate of drug-likeness (QED) is 0.246. The van der Waals surface area contributed by atoms with Gasteiger partial charge in [0.1, 0.15) is 11.6 Å². The molecule has 0 heterocycles. The van der Waals surface area contributed by atoms with Crippen molar-refractivity contribution in [2.75, 3.05) is 0 Å². The van der Waals surface area contributed by atoms with E-state index in [4.69, 9.17) is 4.74 Å². The molecule has 0 radical (unpaired) electrons. The van der Waals surface area contributed by atoms with E-state index in [9.17, 15) is 26.3 Å².